The Labute approximate surface area is 122 Å². The van der Waals surface area contributed by atoms with E-state index in [-0.39, 0.29) is 24.8 Å². The number of carbonyl (C=O) groups excluding carboxylic acids is 2. The molecule has 20 heavy (non-hydrogen) atoms. The van der Waals surface area contributed by atoms with Crippen LogP contribution in [0.1, 0.15) is 25.7 Å². The van der Waals surface area contributed by atoms with Crippen molar-refractivity contribution < 1.29 is 19.1 Å². The first kappa shape index (κ1) is 18.9. The van der Waals surface area contributed by atoms with Crippen LogP contribution >= 0.6 is 0 Å². The van der Waals surface area contributed by atoms with E-state index in [9.17, 15) is 9.59 Å². The molecule has 0 aromatic carbocycles. The summed E-state index contributed by atoms with van der Waals surface area (Å²) in [4.78, 5) is 26.8. The van der Waals surface area contributed by atoms with E-state index in [2.05, 4.69) is 0 Å². The third-order valence-corrected chi connectivity index (χ3v) is 2.56. The van der Waals surface area contributed by atoms with Gasteiger partial charge in [-0.25, -0.2) is 0 Å². The fourth-order valence-electron chi connectivity index (χ4n) is 1.48. The number of esters is 2. The van der Waals surface area contributed by atoms with Gasteiger partial charge in [0.25, 0.3) is 0 Å². The maximum absolute atomic E-state index is 11.4. The topological polar surface area (TPSA) is 59.1 Å². The average molecular weight is 288 g/mol. The van der Waals surface area contributed by atoms with Crippen LogP contribution in [-0.2, 0) is 19.1 Å². The molecule has 6 heteroatoms. The lowest BCUT2D eigenvalue weighted by Gasteiger charge is -2.10. The summed E-state index contributed by atoms with van der Waals surface area (Å²) in [5.41, 5.74) is 0. The molecule has 0 bridgehead atoms. The smallest absolute Gasteiger partial charge is 0.306 e. The summed E-state index contributed by atoms with van der Waals surface area (Å²) in [6, 6.07) is 0. The van der Waals surface area contributed by atoms with Crippen molar-refractivity contribution in [2.45, 2.75) is 25.7 Å². The Balaban J connectivity index is 3.46. The predicted molar refractivity (Wildman–Crippen MR) is 77.5 cm³/mol. The second-order valence-corrected chi connectivity index (χ2v) is 5.25. The molecule has 0 saturated carbocycles. The maximum Gasteiger partial charge on any atom is 0.306 e. The van der Waals surface area contributed by atoms with Crippen LogP contribution in [0.25, 0.3) is 0 Å². The minimum atomic E-state index is -0.339. The van der Waals surface area contributed by atoms with Crippen LogP contribution in [-0.4, -0.2) is 76.2 Å². The van der Waals surface area contributed by atoms with Crippen LogP contribution in [0.2, 0.25) is 0 Å². The van der Waals surface area contributed by atoms with Crippen LogP contribution in [0.4, 0.5) is 0 Å². The van der Waals surface area contributed by atoms with E-state index in [1.165, 1.54) is 0 Å². The molecular formula is C14H28N2O4. The molecule has 0 N–H and O–H groups in total. The molecule has 0 unspecified atom stereocenters. The van der Waals surface area contributed by atoms with Crippen molar-refractivity contribution >= 4 is 11.9 Å². The van der Waals surface area contributed by atoms with E-state index in [0.29, 0.717) is 13.2 Å². The Morgan fingerprint density at radius 1 is 0.750 bits per heavy atom. The molecule has 0 aliphatic carbocycles. The van der Waals surface area contributed by atoms with E-state index in [0.717, 1.165) is 25.9 Å². The second-order valence-electron chi connectivity index (χ2n) is 5.25. The fourth-order valence-corrected chi connectivity index (χ4v) is 1.48. The van der Waals surface area contributed by atoms with E-state index in [1.807, 2.05) is 38.0 Å². The van der Waals surface area contributed by atoms with Gasteiger partial charge in [-0.15, -0.1) is 0 Å². The minimum absolute atomic E-state index is 0.0917. The number of rotatable bonds is 11. The van der Waals surface area contributed by atoms with Crippen molar-refractivity contribution in [3.8, 4) is 0 Å². The molecule has 0 fully saturated rings. The number of ether oxygens (including phenoxy) is 2. The van der Waals surface area contributed by atoms with Gasteiger partial charge in [0.05, 0.1) is 26.1 Å². The Hall–Kier alpha value is -1.14. The van der Waals surface area contributed by atoms with Gasteiger partial charge in [-0.2, -0.15) is 0 Å². The Morgan fingerprint density at radius 2 is 1.10 bits per heavy atom. The lowest BCUT2D eigenvalue weighted by atomic mass is 10.3. The predicted octanol–water partition coefficient (Wildman–Crippen LogP) is 0.756. The van der Waals surface area contributed by atoms with Gasteiger partial charge in [-0.3, -0.25) is 9.59 Å². The largest absolute Gasteiger partial charge is 0.466 e. The summed E-state index contributed by atoms with van der Waals surface area (Å²) in [6.07, 6.45) is 1.78. The van der Waals surface area contributed by atoms with Gasteiger partial charge in [-0.1, -0.05) is 0 Å². The highest BCUT2D eigenvalue weighted by Crippen LogP contribution is 1.98. The molecule has 118 valence electrons. The van der Waals surface area contributed by atoms with Crippen molar-refractivity contribution in [1.29, 1.82) is 0 Å². The first-order chi connectivity index (χ1) is 9.41. The van der Waals surface area contributed by atoms with Crippen LogP contribution in [0.15, 0.2) is 0 Å². The highest BCUT2D eigenvalue weighted by molar-refractivity contribution is 5.77. The van der Waals surface area contributed by atoms with E-state index in [4.69, 9.17) is 9.47 Å². The summed E-state index contributed by atoms with van der Waals surface area (Å²) in [7, 11) is 7.87. The molecule has 0 atom stereocenters. The van der Waals surface area contributed by atoms with E-state index < -0.39 is 0 Å². The summed E-state index contributed by atoms with van der Waals surface area (Å²) >= 11 is 0. The number of nitrogens with zero attached hydrogens (tertiary/aromatic N) is 2. The van der Waals surface area contributed by atoms with Gasteiger partial charge in [0.1, 0.15) is 0 Å². The lowest BCUT2D eigenvalue weighted by molar-refractivity contribution is -0.150. The lowest BCUT2D eigenvalue weighted by Crippen LogP contribution is -2.17. The van der Waals surface area contributed by atoms with Gasteiger partial charge >= 0.3 is 11.9 Å². The quantitative estimate of drug-likeness (QED) is 0.413. The van der Waals surface area contributed by atoms with Gasteiger partial charge in [0.2, 0.25) is 0 Å². The van der Waals surface area contributed by atoms with Gasteiger partial charge < -0.3 is 19.3 Å². The summed E-state index contributed by atoms with van der Waals surface area (Å²) in [5, 5.41) is 0. The first-order valence-electron chi connectivity index (χ1n) is 7.02. The van der Waals surface area contributed by atoms with Crippen molar-refractivity contribution in [3.63, 3.8) is 0 Å². The number of carbonyl (C=O) groups is 2. The molecule has 0 amide bonds. The van der Waals surface area contributed by atoms with Gasteiger partial charge in [0, 0.05) is 13.1 Å². The molecule has 0 saturated heterocycles. The molecular weight excluding hydrogens is 260 g/mol. The standard InChI is InChI=1S/C14H28N2O4/c1-15(2)9-5-11-19-13(17)7-8-14(18)20-12-6-10-16(3)4/h5-12H2,1-4H3. The zero-order valence-electron chi connectivity index (χ0n) is 13.2. The SMILES string of the molecule is CN(C)CCCOC(=O)CCC(=O)OCCCN(C)C. The summed E-state index contributed by atoms with van der Waals surface area (Å²) in [5.74, 6) is -0.678. The maximum atomic E-state index is 11.4. The van der Waals surface area contributed by atoms with Crippen molar-refractivity contribution in [1.82, 2.24) is 9.80 Å². The molecule has 0 aliphatic rings. The third kappa shape index (κ3) is 13.3. The molecule has 0 radical (unpaired) electrons. The fraction of sp³-hybridized carbons (Fsp3) is 0.857. The molecule has 0 spiro atoms. The third-order valence-electron chi connectivity index (χ3n) is 2.56. The molecule has 0 rings (SSSR count). The molecule has 0 aromatic rings. The molecule has 0 aliphatic heterocycles. The van der Waals surface area contributed by atoms with Crippen LogP contribution in [0, 0.1) is 0 Å². The van der Waals surface area contributed by atoms with E-state index in [1.54, 1.807) is 0 Å². The van der Waals surface area contributed by atoms with Crippen LogP contribution in [0.5, 0.6) is 0 Å². The average Bonchev–Trinajstić information content (AvgIpc) is 2.37. The first-order valence-corrected chi connectivity index (χ1v) is 7.02. The number of hydrogen-bond donors (Lipinski definition) is 0. The summed E-state index contributed by atoms with van der Waals surface area (Å²) < 4.78 is 10.0. The van der Waals surface area contributed by atoms with Crippen molar-refractivity contribution in [2.24, 2.45) is 0 Å². The van der Waals surface area contributed by atoms with Crippen LogP contribution in [0.3, 0.4) is 0 Å². The molecule has 0 heterocycles. The van der Waals surface area contributed by atoms with Gasteiger partial charge in [-0.05, 0) is 41.0 Å². The minimum Gasteiger partial charge on any atom is -0.466 e. The number of hydrogen-bond acceptors (Lipinski definition) is 6. The highest BCUT2D eigenvalue weighted by Gasteiger charge is 2.09. The van der Waals surface area contributed by atoms with Gasteiger partial charge in [0.15, 0.2) is 0 Å². The molecule has 0 aromatic heterocycles. The summed E-state index contributed by atoms with van der Waals surface area (Å²) in [6.45, 7) is 2.55. The highest BCUT2D eigenvalue weighted by atomic mass is 16.5. The zero-order valence-corrected chi connectivity index (χ0v) is 13.2. The van der Waals surface area contributed by atoms with E-state index >= 15 is 0 Å². The normalized spacial score (nSPS) is 10.9. The Bertz CT molecular complexity index is 252. The van der Waals surface area contributed by atoms with Crippen molar-refractivity contribution in [3.05, 3.63) is 0 Å². The Kier molecular flexibility index (Phi) is 11.0. The monoisotopic (exact) mass is 288 g/mol. The van der Waals surface area contributed by atoms with Crippen molar-refractivity contribution in [2.75, 3.05) is 54.5 Å². The molecule has 6 nitrogen and oxygen atoms in total. The second kappa shape index (κ2) is 11.7. The zero-order chi connectivity index (χ0) is 15.4. The Morgan fingerprint density at radius 3 is 1.40 bits per heavy atom. The van der Waals surface area contributed by atoms with Crippen LogP contribution < -0.4 is 0 Å².